The number of aromatic amines is 1. The highest BCUT2D eigenvalue weighted by Gasteiger charge is 2.24. The van der Waals surface area contributed by atoms with Crippen LogP contribution in [0.2, 0.25) is 0 Å². The Kier molecular flexibility index (Phi) is 2.72. The summed E-state index contributed by atoms with van der Waals surface area (Å²) in [6, 6.07) is 0. The highest BCUT2D eigenvalue weighted by molar-refractivity contribution is 7.71. The molecule has 1 aliphatic rings. The van der Waals surface area contributed by atoms with Gasteiger partial charge in [-0.1, -0.05) is 19.8 Å². The van der Waals surface area contributed by atoms with Crippen molar-refractivity contribution in [3.05, 3.63) is 10.6 Å². The third-order valence-corrected chi connectivity index (χ3v) is 3.72. The van der Waals surface area contributed by atoms with Crippen LogP contribution in [-0.4, -0.2) is 14.8 Å². The van der Waals surface area contributed by atoms with E-state index in [1.165, 1.54) is 19.3 Å². The van der Waals surface area contributed by atoms with E-state index in [0.29, 0.717) is 0 Å². The Morgan fingerprint density at radius 2 is 2.36 bits per heavy atom. The van der Waals surface area contributed by atoms with Crippen LogP contribution in [0.15, 0.2) is 0 Å². The van der Waals surface area contributed by atoms with Crippen LogP contribution < -0.4 is 0 Å². The molecule has 1 fully saturated rings. The molecule has 1 saturated carbocycles. The minimum atomic E-state index is 0.765. The minimum Gasteiger partial charge on any atom is -0.304 e. The molecule has 2 atom stereocenters. The molecule has 0 radical (unpaired) electrons. The lowest BCUT2D eigenvalue weighted by Crippen LogP contribution is -2.14. The van der Waals surface area contributed by atoms with Crippen LogP contribution in [0.3, 0.4) is 0 Å². The van der Waals surface area contributed by atoms with Gasteiger partial charge in [-0.25, -0.2) is 0 Å². The van der Waals surface area contributed by atoms with E-state index in [0.717, 1.165) is 29.0 Å². The van der Waals surface area contributed by atoms with Gasteiger partial charge in [-0.2, -0.15) is 5.10 Å². The second-order valence-electron chi connectivity index (χ2n) is 4.35. The van der Waals surface area contributed by atoms with Gasteiger partial charge in [0.25, 0.3) is 0 Å². The second-order valence-corrected chi connectivity index (χ2v) is 4.74. The molecule has 1 N–H and O–H groups in total. The number of hydrogen-bond acceptors (Lipinski definition) is 2. The van der Waals surface area contributed by atoms with Crippen LogP contribution in [0.4, 0.5) is 0 Å². The van der Waals surface area contributed by atoms with Crippen molar-refractivity contribution in [1.29, 1.82) is 0 Å². The first-order chi connectivity index (χ1) is 6.68. The first-order valence-corrected chi connectivity index (χ1v) is 5.71. The zero-order valence-electron chi connectivity index (χ0n) is 8.79. The van der Waals surface area contributed by atoms with Gasteiger partial charge in [-0.15, -0.1) is 0 Å². The molecule has 0 amide bonds. The second kappa shape index (κ2) is 3.85. The van der Waals surface area contributed by atoms with Crippen LogP contribution in [-0.2, 0) is 6.54 Å². The smallest absolute Gasteiger partial charge is 0.195 e. The van der Waals surface area contributed by atoms with Gasteiger partial charge in [0.15, 0.2) is 4.77 Å². The number of rotatable bonds is 2. The molecule has 1 aromatic rings. The molecule has 0 bridgehead atoms. The number of aryl methyl sites for hydroxylation is 1. The Balaban J connectivity index is 2.14. The van der Waals surface area contributed by atoms with Crippen LogP contribution in [0.1, 0.15) is 32.0 Å². The monoisotopic (exact) mass is 211 g/mol. The Bertz CT molecular complexity index is 366. The standard InChI is InChI=1S/C10H17N3S/c1-7-4-3-5-9(7)6-13-8(2)11-12-10(13)14/h7,9H,3-6H2,1-2H3,(H,12,14). The van der Waals surface area contributed by atoms with E-state index in [1.54, 1.807) is 0 Å². The largest absolute Gasteiger partial charge is 0.304 e. The van der Waals surface area contributed by atoms with E-state index in [4.69, 9.17) is 12.2 Å². The molecule has 78 valence electrons. The van der Waals surface area contributed by atoms with Gasteiger partial charge in [0.05, 0.1) is 0 Å². The third-order valence-electron chi connectivity index (χ3n) is 3.41. The molecule has 3 nitrogen and oxygen atoms in total. The quantitative estimate of drug-likeness (QED) is 0.763. The SMILES string of the molecule is Cc1n[nH]c(=S)n1CC1CCCC1C. The van der Waals surface area contributed by atoms with Gasteiger partial charge < -0.3 is 4.57 Å². The average Bonchev–Trinajstić information content (AvgIpc) is 2.67. The lowest BCUT2D eigenvalue weighted by molar-refractivity contribution is 0.359. The van der Waals surface area contributed by atoms with Gasteiger partial charge in [-0.3, -0.25) is 5.10 Å². The van der Waals surface area contributed by atoms with E-state index in [9.17, 15) is 0 Å². The summed E-state index contributed by atoms with van der Waals surface area (Å²) in [6.45, 7) is 5.39. The van der Waals surface area contributed by atoms with Crippen molar-refractivity contribution in [2.45, 2.75) is 39.7 Å². The van der Waals surface area contributed by atoms with E-state index in [2.05, 4.69) is 21.7 Å². The topological polar surface area (TPSA) is 33.6 Å². The molecule has 1 heterocycles. The molecule has 0 aliphatic heterocycles. The molecule has 0 aromatic carbocycles. The van der Waals surface area contributed by atoms with Crippen molar-refractivity contribution in [1.82, 2.24) is 14.8 Å². The van der Waals surface area contributed by atoms with Crippen LogP contribution in [0, 0.1) is 23.5 Å². The molecular weight excluding hydrogens is 194 g/mol. The van der Waals surface area contributed by atoms with Gasteiger partial charge in [-0.05, 0) is 37.4 Å². The fraction of sp³-hybridized carbons (Fsp3) is 0.800. The van der Waals surface area contributed by atoms with Gasteiger partial charge in [0, 0.05) is 6.54 Å². The molecule has 4 heteroatoms. The minimum absolute atomic E-state index is 0.765. The summed E-state index contributed by atoms with van der Waals surface area (Å²) in [7, 11) is 0. The van der Waals surface area contributed by atoms with Crippen molar-refractivity contribution in [2.24, 2.45) is 11.8 Å². The first kappa shape index (κ1) is 9.90. The van der Waals surface area contributed by atoms with Gasteiger partial charge >= 0.3 is 0 Å². The normalized spacial score (nSPS) is 27.0. The lowest BCUT2D eigenvalue weighted by atomic mass is 9.98. The maximum atomic E-state index is 5.19. The maximum absolute atomic E-state index is 5.19. The van der Waals surface area contributed by atoms with Crippen molar-refractivity contribution >= 4 is 12.2 Å². The fourth-order valence-electron chi connectivity index (χ4n) is 2.34. The number of nitrogens with zero attached hydrogens (tertiary/aromatic N) is 2. The summed E-state index contributed by atoms with van der Waals surface area (Å²) in [6.07, 6.45) is 4.08. The van der Waals surface area contributed by atoms with Crippen molar-refractivity contribution < 1.29 is 0 Å². The predicted molar refractivity (Wildman–Crippen MR) is 58.7 cm³/mol. The molecule has 2 unspecified atom stereocenters. The zero-order valence-corrected chi connectivity index (χ0v) is 9.60. The predicted octanol–water partition coefficient (Wildman–Crippen LogP) is 2.69. The average molecular weight is 211 g/mol. The van der Waals surface area contributed by atoms with E-state index in [-0.39, 0.29) is 0 Å². The first-order valence-electron chi connectivity index (χ1n) is 5.30. The molecule has 1 aliphatic carbocycles. The van der Waals surface area contributed by atoms with Gasteiger partial charge in [0.2, 0.25) is 0 Å². The van der Waals surface area contributed by atoms with E-state index < -0.39 is 0 Å². The molecule has 1 aromatic heterocycles. The van der Waals surface area contributed by atoms with E-state index in [1.807, 2.05) is 6.92 Å². The van der Waals surface area contributed by atoms with Gasteiger partial charge in [0.1, 0.15) is 5.82 Å². The third kappa shape index (κ3) is 1.75. The number of H-pyrrole nitrogens is 1. The summed E-state index contributed by atoms with van der Waals surface area (Å²) < 4.78 is 2.89. The van der Waals surface area contributed by atoms with Crippen LogP contribution in [0.5, 0.6) is 0 Å². The van der Waals surface area contributed by atoms with Crippen LogP contribution >= 0.6 is 12.2 Å². The summed E-state index contributed by atoms with van der Waals surface area (Å²) in [4.78, 5) is 0. The van der Waals surface area contributed by atoms with Crippen molar-refractivity contribution in [3.8, 4) is 0 Å². The molecular formula is C10H17N3S. The summed E-state index contributed by atoms with van der Waals surface area (Å²) >= 11 is 5.19. The molecule has 0 spiro atoms. The number of hydrogen-bond donors (Lipinski definition) is 1. The number of nitrogens with one attached hydrogen (secondary N) is 1. The zero-order chi connectivity index (χ0) is 10.1. The summed E-state index contributed by atoms with van der Waals surface area (Å²) in [5, 5.41) is 6.97. The van der Waals surface area contributed by atoms with E-state index >= 15 is 0 Å². The Morgan fingerprint density at radius 1 is 1.57 bits per heavy atom. The molecule has 0 saturated heterocycles. The highest BCUT2D eigenvalue weighted by Crippen LogP contribution is 2.32. The number of aromatic nitrogens is 3. The lowest BCUT2D eigenvalue weighted by Gasteiger charge is -2.15. The molecule has 2 rings (SSSR count). The molecule has 14 heavy (non-hydrogen) atoms. The Hall–Kier alpha value is -0.640. The Labute approximate surface area is 89.5 Å². The van der Waals surface area contributed by atoms with Crippen LogP contribution in [0.25, 0.3) is 0 Å². The fourth-order valence-corrected chi connectivity index (χ4v) is 2.59. The summed E-state index contributed by atoms with van der Waals surface area (Å²) in [5.74, 6) is 2.64. The summed E-state index contributed by atoms with van der Waals surface area (Å²) in [5.41, 5.74) is 0. The maximum Gasteiger partial charge on any atom is 0.195 e. The van der Waals surface area contributed by atoms with Crippen molar-refractivity contribution in [3.63, 3.8) is 0 Å². The highest BCUT2D eigenvalue weighted by atomic mass is 32.1. The van der Waals surface area contributed by atoms with Crippen molar-refractivity contribution in [2.75, 3.05) is 0 Å². The Morgan fingerprint density at radius 3 is 2.86 bits per heavy atom.